The average Bonchev–Trinajstić information content (AvgIpc) is 3.02. The Bertz CT molecular complexity index is 739. The largest absolute Gasteiger partial charge is 0.374 e. The maximum absolute atomic E-state index is 4.69. The molecule has 1 saturated heterocycles. The standard InChI is InChI=1S/C22H31N3S/c1-15(2)17(5)24(6)12-18-7-9-19(10-8-18)21-11-23-22(26-21)20-13-25(14-20)16(3)4/h7-11,15-16,20H,5,12-14H2,1-4,6H3. The van der Waals surface area contributed by atoms with Gasteiger partial charge in [-0.3, -0.25) is 4.90 Å². The van der Waals surface area contributed by atoms with Crippen molar-refractivity contribution >= 4 is 11.3 Å². The molecule has 1 aliphatic rings. The van der Waals surface area contributed by atoms with E-state index in [9.17, 15) is 0 Å². The van der Waals surface area contributed by atoms with Crippen molar-refractivity contribution in [1.29, 1.82) is 0 Å². The Balaban J connectivity index is 1.62. The predicted molar refractivity (Wildman–Crippen MR) is 112 cm³/mol. The van der Waals surface area contributed by atoms with Gasteiger partial charge >= 0.3 is 0 Å². The minimum atomic E-state index is 0.480. The van der Waals surface area contributed by atoms with E-state index in [2.05, 4.69) is 75.4 Å². The molecule has 26 heavy (non-hydrogen) atoms. The Hall–Kier alpha value is -1.65. The van der Waals surface area contributed by atoms with Crippen molar-refractivity contribution in [3.63, 3.8) is 0 Å². The molecule has 1 fully saturated rings. The molecule has 0 atom stereocenters. The summed E-state index contributed by atoms with van der Waals surface area (Å²) in [6.07, 6.45) is 2.04. The first-order valence-electron chi connectivity index (χ1n) is 9.54. The van der Waals surface area contributed by atoms with E-state index in [1.165, 1.54) is 26.7 Å². The lowest BCUT2D eigenvalue weighted by Gasteiger charge is -2.41. The van der Waals surface area contributed by atoms with Crippen molar-refractivity contribution in [2.45, 2.75) is 46.2 Å². The maximum atomic E-state index is 4.69. The van der Waals surface area contributed by atoms with Gasteiger partial charge in [0.1, 0.15) is 0 Å². The molecule has 0 radical (unpaired) electrons. The molecule has 0 amide bonds. The van der Waals surface area contributed by atoms with Gasteiger partial charge in [0.2, 0.25) is 0 Å². The summed E-state index contributed by atoms with van der Waals surface area (Å²) in [5.41, 5.74) is 3.76. The summed E-state index contributed by atoms with van der Waals surface area (Å²) in [6, 6.07) is 9.54. The molecular weight excluding hydrogens is 338 g/mol. The molecule has 3 nitrogen and oxygen atoms in total. The molecule has 3 rings (SSSR count). The van der Waals surface area contributed by atoms with Crippen LogP contribution in [0.1, 0.15) is 44.2 Å². The van der Waals surface area contributed by atoms with Crippen molar-refractivity contribution in [1.82, 2.24) is 14.8 Å². The van der Waals surface area contributed by atoms with Crippen LogP contribution in [0.25, 0.3) is 10.4 Å². The third-order valence-electron chi connectivity index (χ3n) is 5.33. The lowest BCUT2D eigenvalue weighted by molar-refractivity contribution is 0.110. The van der Waals surface area contributed by atoms with Gasteiger partial charge in [0.15, 0.2) is 0 Å². The number of nitrogens with zero attached hydrogens (tertiary/aromatic N) is 3. The summed E-state index contributed by atoms with van der Waals surface area (Å²) in [5.74, 6) is 1.10. The fourth-order valence-electron chi connectivity index (χ4n) is 3.29. The van der Waals surface area contributed by atoms with Gasteiger partial charge in [0.05, 0.1) is 9.88 Å². The van der Waals surface area contributed by atoms with E-state index in [0.717, 1.165) is 19.6 Å². The molecule has 0 unspecified atom stereocenters. The zero-order chi connectivity index (χ0) is 18.8. The second kappa shape index (κ2) is 7.93. The first-order chi connectivity index (χ1) is 12.3. The van der Waals surface area contributed by atoms with Crippen molar-refractivity contribution in [3.8, 4) is 10.4 Å². The number of thiazole rings is 1. The van der Waals surface area contributed by atoms with E-state index in [-0.39, 0.29) is 0 Å². The topological polar surface area (TPSA) is 19.4 Å². The molecule has 1 aromatic carbocycles. The van der Waals surface area contributed by atoms with E-state index in [1.807, 2.05) is 17.5 Å². The molecule has 1 aromatic heterocycles. The van der Waals surface area contributed by atoms with Gasteiger partial charge in [-0.2, -0.15) is 0 Å². The van der Waals surface area contributed by atoms with Gasteiger partial charge in [-0.25, -0.2) is 4.98 Å². The van der Waals surface area contributed by atoms with Gasteiger partial charge in [-0.15, -0.1) is 11.3 Å². The van der Waals surface area contributed by atoms with Crippen molar-refractivity contribution < 1.29 is 0 Å². The SMILES string of the molecule is C=C(C(C)C)N(C)Cc1ccc(-c2cnc(C3CN(C(C)C)C3)s2)cc1. The molecule has 1 aliphatic heterocycles. The highest BCUT2D eigenvalue weighted by atomic mass is 32.1. The second-order valence-electron chi connectivity index (χ2n) is 8.01. The number of benzene rings is 1. The number of hydrogen-bond donors (Lipinski definition) is 0. The number of rotatable bonds is 7. The quantitative estimate of drug-likeness (QED) is 0.667. The number of hydrogen-bond acceptors (Lipinski definition) is 4. The van der Waals surface area contributed by atoms with Crippen molar-refractivity contribution in [2.24, 2.45) is 5.92 Å². The van der Waals surface area contributed by atoms with Crippen LogP contribution in [0.4, 0.5) is 0 Å². The Morgan fingerprint density at radius 2 is 1.88 bits per heavy atom. The summed E-state index contributed by atoms with van der Waals surface area (Å²) in [4.78, 5) is 10.7. The second-order valence-corrected chi connectivity index (χ2v) is 9.07. The lowest BCUT2D eigenvalue weighted by Crippen LogP contribution is -2.48. The Labute approximate surface area is 162 Å². The zero-order valence-corrected chi connectivity index (χ0v) is 17.5. The first kappa shape index (κ1) is 19.1. The van der Waals surface area contributed by atoms with Crippen LogP contribution in [-0.4, -0.2) is 41.0 Å². The van der Waals surface area contributed by atoms with E-state index in [0.29, 0.717) is 17.9 Å². The minimum Gasteiger partial charge on any atom is -0.374 e. The summed E-state index contributed by atoms with van der Waals surface area (Å²) in [6.45, 7) is 16.3. The van der Waals surface area contributed by atoms with Crippen molar-refractivity contribution in [3.05, 3.63) is 53.3 Å². The lowest BCUT2D eigenvalue weighted by atomic mass is 9.99. The summed E-state index contributed by atoms with van der Waals surface area (Å²) in [7, 11) is 2.12. The molecule has 0 saturated carbocycles. The summed E-state index contributed by atoms with van der Waals surface area (Å²) in [5, 5.41) is 1.29. The Morgan fingerprint density at radius 3 is 2.46 bits per heavy atom. The van der Waals surface area contributed by atoms with Crippen LogP contribution in [0.15, 0.2) is 42.7 Å². The van der Waals surface area contributed by atoms with Gasteiger partial charge in [0.25, 0.3) is 0 Å². The monoisotopic (exact) mass is 369 g/mol. The predicted octanol–water partition coefficient (Wildman–Crippen LogP) is 5.22. The third kappa shape index (κ3) is 4.18. The van der Waals surface area contributed by atoms with Gasteiger partial charge in [0, 0.05) is 50.5 Å². The fraction of sp³-hybridized carbons (Fsp3) is 0.500. The molecule has 4 heteroatoms. The Morgan fingerprint density at radius 1 is 1.23 bits per heavy atom. The number of allylic oxidation sites excluding steroid dienone is 1. The minimum absolute atomic E-state index is 0.480. The van der Waals surface area contributed by atoms with Gasteiger partial charge in [-0.1, -0.05) is 44.7 Å². The van der Waals surface area contributed by atoms with E-state index in [1.54, 1.807) is 0 Å². The molecule has 0 N–H and O–H groups in total. The molecule has 2 heterocycles. The smallest absolute Gasteiger partial charge is 0.0987 e. The van der Waals surface area contributed by atoms with Gasteiger partial charge in [-0.05, 0) is 30.9 Å². The van der Waals surface area contributed by atoms with Crippen LogP contribution < -0.4 is 0 Å². The van der Waals surface area contributed by atoms with E-state index < -0.39 is 0 Å². The molecule has 2 aromatic rings. The molecular formula is C22H31N3S. The average molecular weight is 370 g/mol. The maximum Gasteiger partial charge on any atom is 0.0987 e. The van der Waals surface area contributed by atoms with Crippen LogP contribution in [0.3, 0.4) is 0 Å². The first-order valence-corrected chi connectivity index (χ1v) is 10.4. The normalized spacial score (nSPS) is 15.5. The highest BCUT2D eigenvalue weighted by Crippen LogP contribution is 2.35. The van der Waals surface area contributed by atoms with Gasteiger partial charge < -0.3 is 4.90 Å². The highest BCUT2D eigenvalue weighted by Gasteiger charge is 2.31. The molecule has 0 spiro atoms. The highest BCUT2D eigenvalue weighted by molar-refractivity contribution is 7.15. The summed E-state index contributed by atoms with van der Waals surface area (Å²) >= 11 is 1.85. The van der Waals surface area contributed by atoms with Crippen LogP contribution in [0, 0.1) is 5.92 Å². The molecule has 140 valence electrons. The van der Waals surface area contributed by atoms with E-state index >= 15 is 0 Å². The van der Waals surface area contributed by atoms with Crippen LogP contribution in [0.5, 0.6) is 0 Å². The molecule has 0 aliphatic carbocycles. The van der Waals surface area contributed by atoms with Crippen LogP contribution >= 0.6 is 11.3 Å². The van der Waals surface area contributed by atoms with E-state index in [4.69, 9.17) is 4.98 Å². The molecule has 0 bridgehead atoms. The zero-order valence-electron chi connectivity index (χ0n) is 16.7. The van der Waals surface area contributed by atoms with Crippen LogP contribution in [-0.2, 0) is 6.54 Å². The summed E-state index contributed by atoms with van der Waals surface area (Å²) < 4.78 is 0. The Kier molecular flexibility index (Phi) is 5.83. The third-order valence-corrected chi connectivity index (χ3v) is 6.54. The fourth-order valence-corrected chi connectivity index (χ4v) is 4.30. The van der Waals surface area contributed by atoms with Crippen molar-refractivity contribution in [2.75, 3.05) is 20.1 Å². The number of likely N-dealkylation sites (tertiary alicyclic amines) is 1. The van der Waals surface area contributed by atoms with Crippen LogP contribution in [0.2, 0.25) is 0 Å². The number of aromatic nitrogens is 1.